The largest absolute Gasteiger partial charge is 0.395 e. The Labute approximate surface area is 147 Å². The van der Waals surface area contributed by atoms with Gasteiger partial charge in [-0.25, -0.2) is 4.39 Å². The van der Waals surface area contributed by atoms with Gasteiger partial charge in [0.05, 0.1) is 19.1 Å². The lowest BCUT2D eigenvalue weighted by Crippen LogP contribution is -2.56. The second kappa shape index (κ2) is 9.48. The highest BCUT2D eigenvalue weighted by atomic mass is 19.1. The molecule has 1 saturated heterocycles. The first kappa shape index (κ1) is 19.3. The molecule has 0 radical (unpaired) electrons. The zero-order valence-electron chi connectivity index (χ0n) is 14.6. The average Bonchev–Trinajstić information content (AvgIpc) is 2.59. The number of nitrogens with one attached hydrogen (secondary N) is 1. The Bertz CT molecular complexity index is 591. The third kappa shape index (κ3) is 5.24. The molecule has 1 aliphatic rings. The Hall–Kier alpha value is -1.99. The molecule has 0 aromatic heterocycles. The summed E-state index contributed by atoms with van der Waals surface area (Å²) in [6, 6.07) is 5.84. The normalized spacial score (nSPS) is 18.0. The van der Waals surface area contributed by atoms with Crippen LogP contribution in [0, 0.1) is 5.82 Å². The minimum absolute atomic E-state index is 0.0281. The van der Waals surface area contributed by atoms with Gasteiger partial charge >= 0.3 is 0 Å². The number of aliphatic hydroxyl groups excluding tert-OH is 1. The predicted molar refractivity (Wildman–Crippen MR) is 92.2 cm³/mol. The molecule has 1 atom stereocenters. The lowest BCUT2D eigenvalue weighted by Gasteiger charge is -2.35. The number of rotatable bonds is 8. The Kier molecular flexibility index (Phi) is 7.33. The van der Waals surface area contributed by atoms with Crippen molar-refractivity contribution in [3.63, 3.8) is 0 Å². The number of aliphatic hydroxyl groups is 1. The van der Waals surface area contributed by atoms with Gasteiger partial charge in [-0.05, 0) is 12.5 Å². The maximum Gasteiger partial charge on any atom is 0.237 e. The summed E-state index contributed by atoms with van der Waals surface area (Å²) < 4.78 is 13.9. The molecule has 1 fully saturated rings. The number of amides is 2. The average molecular weight is 351 g/mol. The quantitative estimate of drug-likeness (QED) is 0.725. The molecule has 1 aromatic rings. The maximum absolute atomic E-state index is 13.9. The molecule has 1 heterocycles. The first-order chi connectivity index (χ1) is 12.1. The van der Waals surface area contributed by atoms with Gasteiger partial charge in [-0.2, -0.15) is 0 Å². The van der Waals surface area contributed by atoms with E-state index in [1.807, 2.05) is 11.8 Å². The smallest absolute Gasteiger partial charge is 0.237 e. The van der Waals surface area contributed by atoms with E-state index in [1.165, 1.54) is 6.07 Å². The topological polar surface area (TPSA) is 72.9 Å². The van der Waals surface area contributed by atoms with Crippen molar-refractivity contribution in [1.82, 2.24) is 15.1 Å². The van der Waals surface area contributed by atoms with Crippen molar-refractivity contribution in [1.29, 1.82) is 0 Å². The summed E-state index contributed by atoms with van der Waals surface area (Å²) in [5, 5.41) is 11.9. The van der Waals surface area contributed by atoms with E-state index in [0.717, 1.165) is 6.42 Å². The SMILES string of the molecule is CCCN(CCO)C(=O)C[C@H]1C(=O)NCCN1Cc1ccccc1F. The van der Waals surface area contributed by atoms with Crippen molar-refractivity contribution < 1.29 is 19.1 Å². The van der Waals surface area contributed by atoms with Gasteiger partial charge in [0, 0.05) is 38.3 Å². The molecular formula is C18H26FN3O3. The standard InChI is InChI=1S/C18H26FN3O3/c1-2-8-21(10-11-23)17(24)12-16-18(25)20-7-9-22(16)13-14-5-3-4-6-15(14)19/h3-6,16,23H,2,7-13H2,1H3,(H,20,25)/t16-/m0/s1. The molecule has 1 aliphatic heterocycles. The highest BCUT2D eigenvalue weighted by Gasteiger charge is 2.33. The molecule has 0 saturated carbocycles. The van der Waals surface area contributed by atoms with Crippen molar-refractivity contribution in [3.05, 3.63) is 35.6 Å². The van der Waals surface area contributed by atoms with E-state index in [1.54, 1.807) is 23.1 Å². The molecule has 6 nitrogen and oxygen atoms in total. The third-order valence-electron chi connectivity index (χ3n) is 4.36. The van der Waals surface area contributed by atoms with Crippen LogP contribution in [-0.2, 0) is 16.1 Å². The van der Waals surface area contributed by atoms with Crippen LogP contribution in [0.2, 0.25) is 0 Å². The first-order valence-corrected chi connectivity index (χ1v) is 8.70. The number of piperazine rings is 1. The molecule has 0 unspecified atom stereocenters. The molecule has 7 heteroatoms. The molecule has 0 bridgehead atoms. The molecule has 0 spiro atoms. The fourth-order valence-corrected chi connectivity index (χ4v) is 3.06. The van der Waals surface area contributed by atoms with E-state index in [0.29, 0.717) is 25.2 Å². The van der Waals surface area contributed by atoms with E-state index in [-0.39, 0.29) is 43.7 Å². The maximum atomic E-state index is 13.9. The Balaban J connectivity index is 2.09. The number of hydrogen-bond acceptors (Lipinski definition) is 4. The zero-order valence-corrected chi connectivity index (χ0v) is 14.6. The van der Waals surface area contributed by atoms with Crippen LogP contribution in [0.15, 0.2) is 24.3 Å². The van der Waals surface area contributed by atoms with E-state index in [4.69, 9.17) is 5.11 Å². The van der Waals surface area contributed by atoms with Gasteiger partial charge < -0.3 is 15.3 Å². The summed E-state index contributed by atoms with van der Waals surface area (Å²) in [5.74, 6) is -0.695. The Morgan fingerprint density at radius 1 is 1.40 bits per heavy atom. The molecular weight excluding hydrogens is 325 g/mol. The molecule has 1 aromatic carbocycles. The van der Waals surface area contributed by atoms with Gasteiger partial charge in [-0.15, -0.1) is 0 Å². The van der Waals surface area contributed by atoms with Gasteiger partial charge in [-0.1, -0.05) is 25.1 Å². The monoisotopic (exact) mass is 351 g/mol. The van der Waals surface area contributed by atoms with Crippen LogP contribution in [0.4, 0.5) is 4.39 Å². The van der Waals surface area contributed by atoms with Crippen molar-refractivity contribution in [2.45, 2.75) is 32.4 Å². The van der Waals surface area contributed by atoms with Crippen LogP contribution in [0.1, 0.15) is 25.3 Å². The van der Waals surface area contributed by atoms with E-state index >= 15 is 0 Å². The van der Waals surface area contributed by atoms with E-state index < -0.39 is 6.04 Å². The van der Waals surface area contributed by atoms with Gasteiger partial charge in [-0.3, -0.25) is 14.5 Å². The summed E-state index contributed by atoms with van der Waals surface area (Å²) in [6.07, 6.45) is 0.807. The minimum Gasteiger partial charge on any atom is -0.395 e. The number of nitrogens with zero attached hydrogens (tertiary/aromatic N) is 2. The fourth-order valence-electron chi connectivity index (χ4n) is 3.06. The second-order valence-electron chi connectivity index (χ2n) is 6.18. The van der Waals surface area contributed by atoms with Crippen LogP contribution < -0.4 is 5.32 Å². The van der Waals surface area contributed by atoms with Crippen molar-refractivity contribution in [2.75, 3.05) is 32.8 Å². The summed E-state index contributed by atoms with van der Waals surface area (Å²) in [5.41, 5.74) is 0.510. The van der Waals surface area contributed by atoms with Gasteiger partial charge in [0.25, 0.3) is 0 Å². The number of hydrogen-bond donors (Lipinski definition) is 2. The summed E-state index contributed by atoms with van der Waals surface area (Å²) in [6.45, 7) is 3.97. The molecule has 138 valence electrons. The van der Waals surface area contributed by atoms with Crippen molar-refractivity contribution in [2.24, 2.45) is 0 Å². The summed E-state index contributed by atoms with van der Waals surface area (Å²) in [7, 11) is 0. The van der Waals surface area contributed by atoms with Crippen LogP contribution in [-0.4, -0.2) is 65.5 Å². The highest BCUT2D eigenvalue weighted by Crippen LogP contribution is 2.17. The van der Waals surface area contributed by atoms with Gasteiger partial charge in [0.15, 0.2) is 0 Å². The number of carbonyl (C=O) groups excluding carboxylic acids is 2. The van der Waals surface area contributed by atoms with Crippen LogP contribution in [0.25, 0.3) is 0 Å². The molecule has 2 rings (SSSR count). The Morgan fingerprint density at radius 2 is 2.16 bits per heavy atom. The lowest BCUT2D eigenvalue weighted by atomic mass is 10.1. The summed E-state index contributed by atoms with van der Waals surface area (Å²) >= 11 is 0. The number of carbonyl (C=O) groups is 2. The highest BCUT2D eigenvalue weighted by molar-refractivity contribution is 5.88. The van der Waals surface area contributed by atoms with Crippen molar-refractivity contribution >= 4 is 11.8 Å². The number of halogens is 1. The molecule has 0 aliphatic carbocycles. The molecule has 2 N–H and O–H groups in total. The van der Waals surface area contributed by atoms with Gasteiger partial charge in [0.1, 0.15) is 5.82 Å². The fraction of sp³-hybridized carbons (Fsp3) is 0.556. The van der Waals surface area contributed by atoms with Crippen LogP contribution in [0.5, 0.6) is 0 Å². The third-order valence-corrected chi connectivity index (χ3v) is 4.36. The van der Waals surface area contributed by atoms with Crippen LogP contribution in [0.3, 0.4) is 0 Å². The summed E-state index contributed by atoms with van der Waals surface area (Å²) in [4.78, 5) is 28.2. The Morgan fingerprint density at radius 3 is 2.84 bits per heavy atom. The minimum atomic E-state index is -0.626. The second-order valence-corrected chi connectivity index (χ2v) is 6.18. The van der Waals surface area contributed by atoms with E-state index in [2.05, 4.69) is 5.32 Å². The zero-order chi connectivity index (χ0) is 18.2. The van der Waals surface area contributed by atoms with Gasteiger partial charge in [0.2, 0.25) is 11.8 Å². The van der Waals surface area contributed by atoms with Crippen molar-refractivity contribution in [3.8, 4) is 0 Å². The number of benzene rings is 1. The molecule has 25 heavy (non-hydrogen) atoms. The predicted octanol–water partition coefficient (Wildman–Crippen LogP) is 0.747. The lowest BCUT2D eigenvalue weighted by molar-refractivity contribution is -0.139. The van der Waals surface area contributed by atoms with E-state index in [9.17, 15) is 14.0 Å². The first-order valence-electron chi connectivity index (χ1n) is 8.70. The molecule has 2 amide bonds. The van der Waals surface area contributed by atoms with Crippen LogP contribution >= 0.6 is 0 Å².